The third-order valence-electron chi connectivity index (χ3n) is 5.14. The molecule has 0 bridgehead atoms. The minimum atomic E-state index is -3.71. The molecule has 150 valence electrons. The second kappa shape index (κ2) is 7.82. The largest absolute Gasteiger partial charge is 0.379 e. The van der Waals surface area contributed by atoms with Crippen molar-refractivity contribution >= 4 is 38.6 Å². The van der Waals surface area contributed by atoms with Gasteiger partial charge in [0.2, 0.25) is 10.0 Å². The Labute approximate surface area is 169 Å². The Morgan fingerprint density at radius 3 is 2.75 bits per heavy atom. The number of carbonyl (C=O) groups excluding carboxylic acids is 1. The first kappa shape index (κ1) is 19.4. The minimum Gasteiger partial charge on any atom is -0.379 e. The third-order valence-corrected chi connectivity index (χ3v) is 8.12. The van der Waals surface area contributed by atoms with Gasteiger partial charge in [0, 0.05) is 37.6 Å². The number of amides is 1. The van der Waals surface area contributed by atoms with Gasteiger partial charge in [0.1, 0.15) is 9.77 Å². The van der Waals surface area contributed by atoms with Gasteiger partial charge in [-0.15, -0.1) is 11.3 Å². The molecule has 0 radical (unpaired) electrons. The summed E-state index contributed by atoms with van der Waals surface area (Å²) in [7, 11) is -3.71. The highest BCUT2D eigenvalue weighted by atomic mass is 32.2. The van der Waals surface area contributed by atoms with Gasteiger partial charge in [-0.2, -0.15) is 4.31 Å². The number of morpholine rings is 1. The summed E-state index contributed by atoms with van der Waals surface area (Å²) in [6.45, 7) is 5.35. The second-order valence-corrected chi connectivity index (χ2v) is 9.58. The number of hydrogen-bond donors (Lipinski definition) is 1. The van der Waals surface area contributed by atoms with E-state index in [1.165, 1.54) is 15.9 Å². The van der Waals surface area contributed by atoms with Gasteiger partial charge >= 0.3 is 0 Å². The molecule has 9 heteroatoms. The molecule has 7 nitrogen and oxygen atoms in total. The molecular weight excluding hydrogens is 398 g/mol. The Morgan fingerprint density at radius 1 is 1.21 bits per heavy atom. The van der Waals surface area contributed by atoms with Gasteiger partial charge in [0.05, 0.1) is 13.2 Å². The van der Waals surface area contributed by atoms with E-state index in [0.29, 0.717) is 32.0 Å². The number of sulfonamides is 1. The normalized spacial score (nSPS) is 17.5. The number of thiophene rings is 1. The number of fused-ring (bicyclic) bond motifs is 1. The Bertz CT molecular complexity index is 981. The fourth-order valence-electron chi connectivity index (χ4n) is 3.63. The van der Waals surface area contributed by atoms with Crippen LogP contribution in [0.5, 0.6) is 0 Å². The van der Waals surface area contributed by atoms with E-state index in [0.717, 1.165) is 36.5 Å². The van der Waals surface area contributed by atoms with Crippen LogP contribution in [0.15, 0.2) is 34.5 Å². The molecule has 0 aliphatic carbocycles. The zero-order valence-corrected chi connectivity index (χ0v) is 17.3. The van der Waals surface area contributed by atoms with Crippen LogP contribution >= 0.6 is 11.3 Å². The summed E-state index contributed by atoms with van der Waals surface area (Å²) in [6.07, 6.45) is 1.00. The van der Waals surface area contributed by atoms with E-state index in [1.54, 1.807) is 5.38 Å². The van der Waals surface area contributed by atoms with Gasteiger partial charge in [0.25, 0.3) is 5.91 Å². The zero-order valence-electron chi connectivity index (χ0n) is 15.7. The molecule has 1 fully saturated rings. The molecule has 0 atom stereocenters. The van der Waals surface area contributed by atoms with Gasteiger partial charge in [-0.1, -0.05) is 6.07 Å². The Hall–Kier alpha value is -1.94. The fourth-order valence-corrected chi connectivity index (χ4v) is 6.34. The summed E-state index contributed by atoms with van der Waals surface area (Å²) in [4.78, 5) is 15.4. The monoisotopic (exact) mass is 421 g/mol. The number of likely N-dealkylation sites (N-methyl/N-ethyl adjacent to an activating group) is 1. The number of rotatable bonds is 5. The minimum absolute atomic E-state index is 0.0632. The van der Waals surface area contributed by atoms with Crippen LogP contribution < -0.4 is 10.2 Å². The number of nitrogens with zero attached hydrogens (tertiary/aromatic N) is 2. The maximum Gasteiger partial charge on any atom is 0.267 e. The van der Waals surface area contributed by atoms with Crippen molar-refractivity contribution in [1.82, 2.24) is 4.31 Å². The second-order valence-electron chi connectivity index (χ2n) is 6.76. The van der Waals surface area contributed by atoms with Crippen LogP contribution in [0.2, 0.25) is 0 Å². The smallest absolute Gasteiger partial charge is 0.267 e. The number of hydrogen-bond acceptors (Lipinski definition) is 6. The van der Waals surface area contributed by atoms with Gasteiger partial charge in [-0.05, 0) is 42.5 Å². The topological polar surface area (TPSA) is 79.0 Å². The first-order valence-corrected chi connectivity index (χ1v) is 11.7. The Kier molecular flexibility index (Phi) is 5.42. The SMILES string of the molecule is CCN1CCc2ccc(NC(=O)c3sccc3S(=O)(=O)N3CCOCC3)cc21. The van der Waals surface area contributed by atoms with Gasteiger partial charge < -0.3 is 15.0 Å². The molecule has 2 aliphatic heterocycles. The molecule has 0 saturated carbocycles. The molecule has 1 aromatic carbocycles. The van der Waals surface area contributed by atoms with Crippen LogP contribution in [0.4, 0.5) is 11.4 Å². The van der Waals surface area contributed by atoms with E-state index in [-0.39, 0.29) is 9.77 Å². The van der Waals surface area contributed by atoms with Crippen LogP contribution in [0, 0.1) is 0 Å². The first-order chi connectivity index (χ1) is 13.5. The van der Waals surface area contributed by atoms with Crippen LogP contribution in [0.1, 0.15) is 22.2 Å². The number of benzene rings is 1. The molecule has 2 aliphatic rings. The maximum atomic E-state index is 13.0. The predicted octanol–water partition coefficient (Wildman–Crippen LogP) is 2.40. The highest BCUT2D eigenvalue weighted by Crippen LogP contribution is 2.32. The molecule has 1 saturated heterocycles. The van der Waals surface area contributed by atoms with Crippen molar-refractivity contribution < 1.29 is 17.9 Å². The molecule has 0 spiro atoms. The van der Waals surface area contributed by atoms with Crippen molar-refractivity contribution in [2.45, 2.75) is 18.2 Å². The molecule has 0 unspecified atom stereocenters. The van der Waals surface area contributed by atoms with Crippen molar-refractivity contribution in [1.29, 1.82) is 0 Å². The van der Waals surface area contributed by atoms with E-state index in [9.17, 15) is 13.2 Å². The van der Waals surface area contributed by atoms with Crippen LogP contribution in [-0.2, 0) is 21.2 Å². The molecule has 28 heavy (non-hydrogen) atoms. The lowest BCUT2D eigenvalue weighted by molar-refractivity contribution is 0.0730. The lowest BCUT2D eigenvalue weighted by atomic mass is 10.1. The van der Waals surface area contributed by atoms with E-state index in [1.807, 2.05) is 18.2 Å². The average Bonchev–Trinajstić information content (AvgIpc) is 3.36. The molecule has 1 amide bonds. The van der Waals surface area contributed by atoms with E-state index in [4.69, 9.17) is 4.74 Å². The summed E-state index contributed by atoms with van der Waals surface area (Å²) < 4.78 is 32.5. The average molecular weight is 422 g/mol. The first-order valence-electron chi connectivity index (χ1n) is 9.35. The highest BCUT2D eigenvalue weighted by Gasteiger charge is 2.31. The van der Waals surface area contributed by atoms with Crippen molar-refractivity contribution in [2.75, 3.05) is 49.6 Å². The van der Waals surface area contributed by atoms with E-state index >= 15 is 0 Å². The summed E-state index contributed by atoms with van der Waals surface area (Å²) in [5, 5.41) is 4.51. The highest BCUT2D eigenvalue weighted by molar-refractivity contribution is 7.89. The van der Waals surface area contributed by atoms with Gasteiger partial charge in [-0.25, -0.2) is 8.42 Å². The predicted molar refractivity (Wildman–Crippen MR) is 110 cm³/mol. The fraction of sp³-hybridized carbons (Fsp3) is 0.421. The van der Waals surface area contributed by atoms with Crippen molar-refractivity contribution in [3.8, 4) is 0 Å². The van der Waals surface area contributed by atoms with E-state index in [2.05, 4.69) is 17.1 Å². The lowest BCUT2D eigenvalue weighted by Gasteiger charge is -2.26. The maximum absolute atomic E-state index is 13.0. The summed E-state index contributed by atoms with van der Waals surface area (Å²) in [6, 6.07) is 7.37. The molecule has 1 aromatic heterocycles. The van der Waals surface area contributed by atoms with Crippen LogP contribution in [-0.4, -0.2) is 58.0 Å². The number of anilines is 2. The summed E-state index contributed by atoms with van der Waals surface area (Å²) in [5.74, 6) is -0.400. The number of carbonyl (C=O) groups is 1. The molecule has 1 N–H and O–H groups in total. The van der Waals surface area contributed by atoms with Crippen molar-refractivity contribution in [2.24, 2.45) is 0 Å². The molecule has 4 rings (SSSR count). The third kappa shape index (κ3) is 3.55. The summed E-state index contributed by atoms with van der Waals surface area (Å²) >= 11 is 1.14. The van der Waals surface area contributed by atoms with Crippen LogP contribution in [0.3, 0.4) is 0 Å². The quantitative estimate of drug-likeness (QED) is 0.802. The number of nitrogens with one attached hydrogen (secondary N) is 1. The Balaban J connectivity index is 1.57. The molecule has 2 aromatic rings. The standard InChI is InChI=1S/C19H23N3O4S2/c1-2-21-7-5-14-3-4-15(13-16(14)21)20-19(23)18-17(6-12-27-18)28(24,25)22-8-10-26-11-9-22/h3-4,6,12-13H,2,5,7-11H2,1H3,(H,20,23). The van der Waals surface area contributed by atoms with Gasteiger partial charge in [-0.3, -0.25) is 4.79 Å². The van der Waals surface area contributed by atoms with Crippen LogP contribution in [0.25, 0.3) is 0 Å². The lowest BCUT2D eigenvalue weighted by Crippen LogP contribution is -2.41. The van der Waals surface area contributed by atoms with Crippen molar-refractivity contribution in [3.05, 3.63) is 40.1 Å². The summed E-state index contributed by atoms with van der Waals surface area (Å²) in [5.41, 5.74) is 3.08. The van der Waals surface area contributed by atoms with Gasteiger partial charge in [0.15, 0.2) is 0 Å². The number of ether oxygens (including phenoxy) is 1. The van der Waals surface area contributed by atoms with Crippen molar-refractivity contribution in [3.63, 3.8) is 0 Å². The zero-order chi connectivity index (χ0) is 19.7. The molecular formula is C19H23N3O4S2. The van der Waals surface area contributed by atoms with E-state index < -0.39 is 15.9 Å². The Morgan fingerprint density at radius 2 is 2.00 bits per heavy atom. The molecule has 3 heterocycles.